The Hall–Kier alpha value is -4.33. The molecule has 0 radical (unpaired) electrons. The first-order valence-corrected chi connectivity index (χ1v) is 15.2. The minimum Gasteiger partial charge on any atom is -0.480 e. The number of nitrogens with two attached hydrogens (primary N) is 1. The summed E-state index contributed by atoms with van der Waals surface area (Å²) < 4.78 is 0. The maximum atomic E-state index is 13.6. The van der Waals surface area contributed by atoms with Crippen LogP contribution in [0.2, 0.25) is 0 Å². The Kier molecular flexibility index (Phi) is 10.8. The minimum atomic E-state index is -1.37. The van der Waals surface area contributed by atoms with Crippen molar-refractivity contribution in [1.29, 1.82) is 0 Å². The van der Waals surface area contributed by atoms with E-state index in [1.807, 2.05) is 54.8 Å². The standard InChI is InChI=1S/C30H36N6O6S/c1-43-11-10-21(31)27(38)36-26(16-37)29(40)34-24(12-17-14-32-22-8-4-2-6-19(17)22)28(39)35-25(30(41)42)13-18-15-33-23-9-5-3-7-20(18)23/h2-9,14-15,21,24-26,32-33,37H,10-13,16,31H2,1H3,(H,34,40)(H,35,39)(H,36,38)(H,41,42). The summed E-state index contributed by atoms with van der Waals surface area (Å²) in [6.07, 6.45) is 5.70. The number of aliphatic hydroxyl groups is 1. The monoisotopic (exact) mass is 608 g/mol. The molecule has 3 amide bonds. The van der Waals surface area contributed by atoms with Gasteiger partial charge in [-0.25, -0.2) is 4.79 Å². The first kappa shape index (κ1) is 31.6. The average molecular weight is 609 g/mol. The molecule has 43 heavy (non-hydrogen) atoms. The zero-order valence-electron chi connectivity index (χ0n) is 23.6. The van der Waals surface area contributed by atoms with Crippen molar-refractivity contribution in [2.45, 2.75) is 43.4 Å². The van der Waals surface area contributed by atoms with Crippen molar-refractivity contribution in [3.05, 3.63) is 72.1 Å². The third kappa shape index (κ3) is 7.95. The molecular formula is C30H36N6O6S. The van der Waals surface area contributed by atoms with E-state index in [4.69, 9.17) is 5.73 Å². The van der Waals surface area contributed by atoms with Gasteiger partial charge in [0.1, 0.15) is 18.1 Å². The number of aliphatic hydroxyl groups excluding tert-OH is 1. The molecule has 0 aliphatic carbocycles. The molecule has 2 aromatic heterocycles. The predicted octanol–water partition coefficient (Wildman–Crippen LogP) is 1.05. The van der Waals surface area contributed by atoms with E-state index in [9.17, 15) is 29.4 Å². The van der Waals surface area contributed by atoms with Crippen molar-refractivity contribution in [3.8, 4) is 0 Å². The first-order valence-electron chi connectivity index (χ1n) is 13.8. The first-order chi connectivity index (χ1) is 20.7. The van der Waals surface area contributed by atoms with E-state index in [0.717, 1.165) is 21.8 Å². The molecule has 4 rings (SSSR count). The number of aromatic nitrogens is 2. The number of hydrogen-bond donors (Lipinski definition) is 8. The fourth-order valence-corrected chi connectivity index (χ4v) is 5.33. The van der Waals surface area contributed by atoms with Crippen LogP contribution in [0.25, 0.3) is 21.8 Å². The smallest absolute Gasteiger partial charge is 0.326 e. The molecule has 9 N–H and O–H groups in total. The third-order valence-corrected chi connectivity index (χ3v) is 7.87. The molecule has 0 aliphatic rings. The molecule has 12 nitrogen and oxygen atoms in total. The topological polar surface area (TPSA) is 202 Å². The van der Waals surface area contributed by atoms with Gasteiger partial charge in [-0.2, -0.15) is 11.8 Å². The number of fused-ring (bicyclic) bond motifs is 2. The Morgan fingerprint density at radius 2 is 1.28 bits per heavy atom. The number of aliphatic carboxylic acids is 1. The molecule has 0 saturated heterocycles. The SMILES string of the molecule is CSCCC(N)C(=O)NC(CO)C(=O)NC(Cc1c[nH]c2ccccc12)C(=O)NC(Cc1c[nH]c2ccccc12)C(=O)O. The van der Waals surface area contributed by atoms with Gasteiger partial charge < -0.3 is 41.9 Å². The second kappa shape index (κ2) is 14.7. The van der Waals surface area contributed by atoms with Gasteiger partial charge in [-0.05, 0) is 41.7 Å². The maximum absolute atomic E-state index is 13.6. The molecule has 228 valence electrons. The third-order valence-electron chi connectivity index (χ3n) is 7.23. The molecule has 4 atom stereocenters. The van der Waals surface area contributed by atoms with Crippen LogP contribution in [0.15, 0.2) is 60.9 Å². The summed E-state index contributed by atoms with van der Waals surface area (Å²) in [6.45, 7) is -0.730. The highest BCUT2D eigenvalue weighted by molar-refractivity contribution is 7.98. The van der Waals surface area contributed by atoms with Gasteiger partial charge >= 0.3 is 5.97 Å². The van der Waals surface area contributed by atoms with E-state index >= 15 is 0 Å². The van der Waals surface area contributed by atoms with Crippen LogP contribution < -0.4 is 21.7 Å². The van der Waals surface area contributed by atoms with Crippen LogP contribution in [0.3, 0.4) is 0 Å². The Labute approximate surface area is 252 Å². The molecule has 2 aromatic carbocycles. The van der Waals surface area contributed by atoms with Gasteiger partial charge in [0.2, 0.25) is 17.7 Å². The number of thioether (sulfide) groups is 1. The largest absolute Gasteiger partial charge is 0.480 e. The number of carbonyl (C=O) groups excluding carboxylic acids is 3. The summed E-state index contributed by atoms with van der Waals surface area (Å²) in [5, 5.41) is 29.2. The Balaban J connectivity index is 1.54. The number of para-hydroxylation sites is 2. The number of benzene rings is 2. The maximum Gasteiger partial charge on any atom is 0.326 e. The van der Waals surface area contributed by atoms with Crippen LogP contribution in [0.5, 0.6) is 0 Å². The van der Waals surface area contributed by atoms with Gasteiger partial charge in [-0.15, -0.1) is 0 Å². The summed E-state index contributed by atoms with van der Waals surface area (Å²) >= 11 is 1.52. The van der Waals surface area contributed by atoms with Crippen molar-refractivity contribution in [1.82, 2.24) is 25.9 Å². The average Bonchev–Trinajstić information content (AvgIpc) is 3.61. The molecule has 0 fully saturated rings. The molecule has 4 unspecified atom stereocenters. The normalized spacial score (nSPS) is 14.1. The van der Waals surface area contributed by atoms with Crippen LogP contribution in [0.1, 0.15) is 17.5 Å². The quantitative estimate of drug-likeness (QED) is 0.0978. The molecule has 0 bridgehead atoms. The Morgan fingerprint density at radius 3 is 1.81 bits per heavy atom. The van der Waals surface area contributed by atoms with Gasteiger partial charge in [-0.3, -0.25) is 14.4 Å². The second-order valence-corrected chi connectivity index (χ2v) is 11.2. The highest BCUT2D eigenvalue weighted by Gasteiger charge is 2.31. The van der Waals surface area contributed by atoms with E-state index in [0.29, 0.717) is 23.3 Å². The summed E-state index contributed by atoms with van der Waals surface area (Å²) in [5.74, 6) is -2.75. The van der Waals surface area contributed by atoms with Crippen LogP contribution in [-0.2, 0) is 32.0 Å². The lowest BCUT2D eigenvalue weighted by Gasteiger charge is -2.24. The highest BCUT2D eigenvalue weighted by atomic mass is 32.2. The van der Waals surface area contributed by atoms with Crippen LogP contribution in [0, 0.1) is 0 Å². The van der Waals surface area contributed by atoms with Gasteiger partial charge in [0, 0.05) is 47.0 Å². The number of amides is 3. The van der Waals surface area contributed by atoms with E-state index in [-0.39, 0.29) is 12.8 Å². The van der Waals surface area contributed by atoms with Crippen LogP contribution in [0.4, 0.5) is 0 Å². The fourth-order valence-electron chi connectivity index (χ4n) is 4.84. The van der Waals surface area contributed by atoms with E-state index in [1.165, 1.54) is 11.8 Å². The Morgan fingerprint density at radius 1 is 0.791 bits per heavy atom. The summed E-state index contributed by atoms with van der Waals surface area (Å²) in [4.78, 5) is 57.9. The molecule has 2 heterocycles. The summed E-state index contributed by atoms with van der Waals surface area (Å²) in [5.41, 5.74) is 8.99. The van der Waals surface area contributed by atoms with Gasteiger partial charge in [0.15, 0.2) is 0 Å². The lowest BCUT2D eigenvalue weighted by Crippen LogP contribution is -2.58. The predicted molar refractivity (Wildman–Crippen MR) is 165 cm³/mol. The number of H-pyrrole nitrogens is 2. The number of hydrogen-bond acceptors (Lipinski definition) is 7. The Bertz CT molecular complexity index is 1590. The molecule has 13 heteroatoms. The number of rotatable bonds is 15. The second-order valence-electron chi connectivity index (χ2n) is 10.2. The summed E-state index contributed by atoms with van der Waals surface area (Å²) in [6, 6.07) is 10.1. The van der Waals surface area contributed by atoms with Crippen molar-refractivity contribution in [2.75, 3.05) is 18.6 Å². The molecule has 0 aliphatic heterocycles. The zero-order valence-corrected chi connectivity index (χ0v) is 24.4. The van der Waals surface area contributed by atoms with Crippen LogP contribution in [-0.4, -0.2) is 86.7 Å². The molecular weight excluding hydrogens is 572 g/mol. The zero-order chi connectivity index (χ0) is 30.9. The highest BCUT2D eigenvalue weighted by Crippen LogP contribution is 2.21. The number of nitrogens with one attached hydrogen (secondary N) is 5. The van der Waals surface area contributed by atoms with Crippen molar-refractivity contribution in [3.63, 3.8) is 0 Å². The number of carboxylic acid groups (broad SMARTS) is 1. The fraction of sp³-hybridized carbons (Fsp3) is 0.333. The van der Waals surface area contributed by atoms with Gasteiger partial charge in [0.05, 0.1) is 12.6 Å². The van der Waals surface area contributed by atoms with E-state index in [2.05, 4.69) is 25.9 Å². The van der Waals surface area contributed by atoms with E-state index in [1.54, 1.807) is 12.4 Å². The lowest BCUT2D eigenvalue weighted by molar-refractivity contribution is -0.142. The lowest BCUT2D eigenvalue weighted by atomic mass is 10.0. The van der Waals surface area contributed by atoms with Crippen LogP contribution >= 0.6 is 11.8 Å². The molecule has 4 aromatic rings. The molecule has 0 saturated carbocycles. The van der Waals surface area contributed by atoms with Gasteiger partial charge in [0.25, 0.3) is 0 Å². The minimum absolute atomic E-state index is 0.00208. The molecule has 0 spiro atoms. The van der Waals surface area contributed by atoms with Crippen molar-refractivity contribution >= 4 is 57.3 Å². The number of carboxylic acids is 1. The number of carbonyl (C=O) groups is 4. The van der Waals surface area contributed by atoms with Crippen molar-refractivity contribution < 1.29 is 29.4 Å². The number of aromatic amines is 2. The van der Waals surface area contributed by atoms with E-state index < -0.39 is 54.5 Å². The van der Waals surface area contributed by atoms with Crippen molar-refractivity contribution in [2.24, 2.45) is 5.73 Å². The van der Waals surface area contributed by atoms with Gasteiger partial charge in [-0.1, -0.05) is 36.4 Å². The summed E-state index contributed by atoms with van der Waals surface area (Å²) in [7, 11) is 0.